The number of aliphatic hydroxyl groups excluding tert-OH is 2. The number of nitriles is 1. The van der Waals surface area contributed by atoms with Crippen LogP contribution < -0.4 is 0 Å². The van der Waals surface area contributed by atoms with Gasteiger partial charge in [0, 0.05) is 36.0 Å². The van der Waals surface area contributed by atoms with Crippen molar-refractivity contribution in [3.05, 3.63) is 11.6 Å². The van der Waals surface area contributed by atoms with E-state index in [-0.39, 0.29) is 42.8 Å². The average molecular weight is 573 g/mol. The van der Waals surface area contributed by atoms with Gasteiger partial charge in [-0.05, 0) is 81.6 Å². The maximum atomic E-state index is 12.5. The number of esters is 1. The Morgan fingerprint density at radius 1 is 1.15 bits per heavy atom. The van der Waals surface area contributed by atoms with Crippen molar-refractivity contribution in [2.24, 2.45) is 33.6 Å². The number of fused-ring (bicyclic) bond motifs is 5. The second-order valence-corrected chi connectivity index (χ2v) is 13.8. The fourth-order valence-corrected chi connectivity index (χ4v) is 10.0. The first-order valence-electron chi connectivity index (χ1n) is 15.3. The number of carbonyl (C=O) groups is 1. The van der Waals surface area contributed by atoms with Crippen molar-refractivity contribution in [2.45, 2.75) is 120 Å². The third-order valence-corrected chi connectivity index (χ3v) is 12.1. The molecule has 5 fully saturated rings. The van der Waals surface area contributed by atoms with Crippen LogP contribution in [0.2, 0.25) is 0 Å². The Bertz CT molecular complexity index is 1140. The maximum absolute atomic E-state index is 12.5. The van der Waals surface area contributed by atoms with Crippen LogP contribution in [0.15, 0.2) is 16.6 Å². The Morgan fingerprint density at radius 3 is 2.63 bits per heavy atom. The van der Waals surface area contributed by atoms with Gasteiger partial charge in [0.15, 0.2) is 6.29 Å². The molecule has 0 bridgehead atoms. The fourth-order valence-electron chi connectivity index (χ4n) is 10.0. The fraction of sp³-hybridized carbons (Fsp3) is 0.839. The van der Waals surface area contributed by atoms with Gasteiger partial charge in [-0.25, -0.2) is 4.79 Å². The summed E-state index contributed by atoms with van der Waals surface area (Å²) in [7, 11) is 0. The topological polar surface area (TPSA) is 162 Å². The third kappa shape index (κ3) is 4.42. The smallest absolute Gasteiger partial charge is 0.331 e. The standard InChI is InChI=1S/C31H44N2O8/c1-18-27(36)24(34)14-26(40-18)41-20-3-8-29(17-33-12-11-32)22-4-7-28(2)21(19-13-25(35)39-16-19)6-10-31(28,38)23(22)5-9-30(29,37)15-20/h13,17-18,20-24,26-27,34,36-38H,3-10,12,14-16H2,1-2H3/t18-,20+,21-,22+,23-,24-,26+,27+,28-,29+,30+,31+/m1/s1. The highest BCUT2D eigenvalue weighted by molar-refractivity contribution is 5.85. The Labute approximate surface area is 241 Å². The minimum atomic E-state index is -1.13. The lowest BCUT2D eigenvalue weighted by molar-refractivity contribution is -0.282. The highest BCUT2D eigenvalue weighted by Gasteiger charge is 2.71. The molecule has 41 heavy (non-hydrogen) atoms. The van der Waals surface area contributed by atoms with Gasteiger partial charge in [-0.3, -0.25) is 4.99 Å². The van der Waals surface area contributed by atoms with E-state index in [9.17, 15) is 30.5 Å². The van der Waals surface area contributed by atoms with Gasteiger partial charge in [0.25, 0.3) is 0 Å². The monoisotopic (exact) mass is 572 g/mol. The molecule has 4 aliphatic carbocycles. The summed E-state index contributed by atoms with van der Waals surface area (Å²) in [5.74, 6) is -0.282. The molecule has 0 aromatic carbocycles. The van der Waals surface area contributed by atoms with E-state index in [0.717, 1.165) is 24.8 Å². The number of hydrogen-bond donors (Lipinski definition) is 4. The average Bonchev–Trinajstić information content (AvgIpc) is 3.47. The minimum absolute atomic E-state index is 0.00933. The number of cyclic esters (lactones) is 1. The van der Waals surface area contributed by atoms with Gasteiger partial charge in [0.2, 0.25) is 0 Å². The van der Waals surface area contributed by atoms with Crippen LogP contribution in [0.4, 0.5) is 0 Å². The number of nitrogens with zero attached hydrogens (tertiary/aromatic N) is 2. The van der Waals surface area contributed by atoms with Crippen molar-refractivity contribution in [3.8, 4) is 6.07 Å². The van der Waals surface area contributed by atoms with Crippen molar-refractivity contribution in [3.63, 3.8) is 0 Å². The molecule has 226 valence electrons. The highest BCUT2D eigenvalue weighted by Crippen LogP contribution is 2.70. The lowest BCUT2D eigenvalue weighted by Gasteiger charge is -2.66. The predicted molar refractivity (Wildman–Crippen MR) is 146 cm³/mol. The molecule has 12 atom stereocenters. The van der Waals surface area contributed by atoms with Crippen molar-refractivity contribution < 1.29 is 39.4 Å². The van der Waals surface area contributed by atoms with Gasteiger partial charge in [0.1, 0.15) is 19.3 Å². The minimum Gasteiger partial charge on any atom is -0.458 e. The Kier molecular flexibility index (Phi) is 7.40. The van der Waals surface area contributed by atoms with E-state index in [2.05, 4.69) is 18.0 Å². The number of aliphatic hydroxyl groups is 4. The van der Waals surface area contributed by atoms with Crippen LogP contribution in [0.3, 0.4) is 0 Å². The molecule has 4 saturated carbocycles. The molecular formula is C31H44N2O8. The molecule has 4 N–H and O–H groups in total. The Hall–Kier alpha value is -1.87. The molecule has 0 aromatic rings. The van der Waals surface area contributed by atoms with Gasteiger partial charge >= 0.3 is 5.97 Å². The molecule has 0 unspecified atom stereocenters. The lowest BCUT2D eigenvalue weighted by Crippen LogP contribution is -2.69. The van der Waals surface area contributed by atoms with E-state index in [1.807, 2.05) is 6.21 Å². The summed E-state index contributed by atoms with van der Waals surface area (Å²) in [5, 5.41) is 54.5. The quantitative estimate of drug-likeness (QED) is 0.167. The van der Waals surface area contributed by atoms with Crippen LogP contribution in [0, 0.1) is 39.9 Å². The number of hydrogen-bond acceptors (Lipinski definition) is 10. The van der Waals surface area contributed by atoms with Gasteiger partial charge in [-0.2, -0.15) is 5.26 Å². The summed E-state index contributed by atoms with van der Waals surface area (Å²) in [4.78, 5) is 16.4. The molecule has 0 spiro atoms. The summed E-state index contributed by atoms with van der Waals surface area (Å²) in [6.45, 7) is 4.19. The first-order valence-corrected chi connectivity index (χ1v) is 15.3. The first-order chi connectivity index (χ1) is 19.5. The third-order valence-electron chi connectivity index (χ3n) is 12.1. The van der Waals surface area contributed by atoms with E-state index >= 15 is 0 Å². The van der Waals surface area contributed by atoms with Crippen LogP contribution in [0.25, 0.3) is 0 Å². The first kappa shape index (κ1) is 29.2. The zero-order valence-electron chi connectivity index (χ0n) is 24.1. The van der Waals surface area contributed by atoms with Gasteiger partial charge in [-0.15, -0.1) is 0 Å². The normalized spacial score (nSPS) is 51.3. The van der Waals surface area contributed by atoms with Gasteiger partial charge in [-0.1, -0.05) is 6.92 Å². The van der Waals surface area contributed by atoms with E-state index < -0.39 is 46.6 Å². The largest absolute Gasteiger partial charge is 0.458 e. The maximum Gasteiger partial charge on any atom is 0.331 e. The molecule has 10 heteroatoms. The molecular weight excluding hydrogens is 528 g/mol. The molecule has 2 aliphatic heterocycles. The lowest BCUT2D eigenvalue weighted by atomic mass is 9.41. The van der Waals surface area contributed by atoms with Crippen LogP contribution in [0.5, 0.6) is 0 Å². The van der Waals surface area contributed by atoms with Crippen LogP contribution in [0.1, 0.15) is 78.1 Å². The summed E-state index contributed by atoms with van der Waals surface area (Å²) < 4.78 is 17.3. The summed E-state index contributed by atoms with van der Waals surface area (Å²) >= 11 is 0. The van der Waals surface area contributed by atoms with E-state index in [1.54, 1.807) is 13.0 Å². The van der Waals surface area contributed by atoms with Crippen molar-refractivity contribution in [1.82, 2.24) is 0 Å². The molecule has 0 amide bonds. The van der Waals surface area contributed by atoms with Crippen molar-refractivity contribution in [2.75, 3.05) is 13.2 Å². The zero-order valence-corrected chi connectivity index (χ0v) is 24.1. The molecule has 6 aliphatic rings. The van der Waals surface area contributed by atoms with Gasteiger partial charge < -0.3 is 34.6 Å². The van der Waals surface area contributed by atoms with Crippen molar-refractivity contribution in [1.29, 1.82) is 5.26 Å². The van der Waals surface area contributed by atoms with E-state index in [0.29, 0.717) is 45.1 Å². The summed E-state index contributed by atoms with van der Waals surface area (Å²) in [6, 6.07) is 2.09. The van der Waals surface area contributed by atoms with Crippen LogP contribution in [-0.4, -0.2) is 87.7 Å². The second kappa shape index (κ2) is 10.4. The molecule has 2 heterocycles. The predicted octanol–water partition coefficient (Wildman–Crippen LogP) is 2.17. The number of aliphatic imine (C=N–C) groups is 1. The summed E-state index contributed by atoms with van der Waals surface area (Å²) in [5.41, 5.74) is -2.19. The molecule has 10 nitrogen and oxygen atoms in total. The van der Waals surface area contributed by atoms with Crippen LogP contribution in [-0.2, 0) is 19.0 Å². The molecule has 1 saturated heterocycles. The number of rotatable bonds is 5. The zero-order chi connectivity index (χ0) is 29.2. The second-order valence-electron chi connectivity index (χ2n) is 13.8. The summed E-state index contributed by atoms with van der Waals surface area (Å²) in [6.07, 6.45) is 5.97. The number of carbonyl (C=O) groups excluding carboxylic acids is 1. The Morgan fingerprint density at radius 2 is 1.93 bits per heavy atom. The van der Waals surface area contributed by atoms with E-state index in [4.69, 9.17) is 14.2 Å². The Balaban J connectivity index is 1.26. The molecule has 0 aromatic heterocycles. The SMILES string of the molecule is C[C@H]1O[C@@H](O[C@H]2CC[C@]3(C=NCC#N)[C@H]4CC[C@]5(C)[C@@H](C6=CC(=O)OC6)CC[C@]5(O)[C@@H]4CC[C@]3(O)C2)C[C@@H](O)[C@H]1O. The van der Waals surface area contributed by atoms with E-state index in [1.165, 1.54) is 0 Å². The molecule has 0 radical (unpaired) electrons. The highest BCUT2D eigenvalue weighted by atomic mass is 16.7. The molecule has 6 rings (SSSR count). The van der Waals surface area contributed by atoms with Gasteiger partial charge in [0.05, 0.1) is 35.6 Å². The van der Waals surface area contributed by atoms with Crippen molar-refractivity contribution >= 4 is 12.2 Å². The number of ether oxygens (including phenoxy) is 3. The van der Waals surface area contributed by atoms with Crippen LogP contribution >= 0.6 is 0 Å².